The predicted molar refractivity (Wildman–Crippen MR) is 44.4 cm³/mol. The minimum Gasteiger partial charge on any atom is -0.512 e. The average Bonchev–Trinajstić information content (AvgIpc) is 2.13. The van der Waals surface area contributed by atoms with Crippen molar-refractivity contribution >= 4 is 5.84 Å². The third kappa shape index (κ3) is 1.94. The van der Waals surface area contributed by atoms with Crippen LogP contribution in [0.15, 0.2) is 16.3 Å². The first-order valence-electron chi connectivity index (χ1n) is 3.61. The van der Waals surface area contributed by atoms with Gasteiger partial charge in [0.25, 0.3) is 0 Å². The molecular weight excluding hydrogens is 142 g/mol. The van der Waals surface area contributed by atoms with Crippen molar-refractivity contribution in [2.75, 3.05) is 13.2 Å². The van der Waals surface area contributed by atoms with Crippen LogP contribution in [0.5, 0.6) is 0 Å². The van der Waals surface area contributed by atoms with Gasteiger partial charge in [0.1, 0.15) is 5.84 Å². The highest BCUT2D eigenvalue weighted by Crippen LogP contribution is 2.07. The molecule has 0 atom stereocenters. The SMILES string of the molecule is CC(O)=C1CCNCN=C1N. The topological polar surface area (TPSA) is 70.6 Å². The number of hydrogen-bond acceptors (Lipinski definition) is 4. The third-order valence-electron chi connectivity index (χ3n) is 1.66. The average molecular weight is 155 g/mol. The normalized spacial score (nSPS) is 23.9. The molecule has 0 spiro atoms. The van der Waals surface area contributed by atoms with Gasteiger partial charge < -0.3 is 10.8 Å². The number of nitrogens with one attached hydrogen (secondary N) is 1. The molecule has 0 fully saturated rings. The number of amidine groups is 1. The van der Waals surface area contributed by atoms with Gasteiger partial charge in [0, 0.05) is 12.1 Å². The van der Waals surface area contributed by atoms with Crippen molar-refractivity contribution in [3.63, 3.8) is 0 Å². The smallest absolute Gasteiger partial charge is 0.126 e. The lowest BCUT2D eigenvalue weighted by molar-refractivity contribution is 0.408. The Morgan fingerprint density at radius 1 is 1.73 bits per heavy atom. The van der Waals surface area contributed by atoms with Crippen molar-refractivity contribution in [1.29, 1.82) is 0 Å². The van der Waals surface area contributed by atoms with Gasteiger partial charge in [0.05, 0.1) is 12.4 Å². The van der Waals surface area contributed by atoms with E-state index in [1.54, 1.807) is 6.92 Å². The van der Waals surface area contributed by atoms with Gasteiger partial charge in [-0.2, -0.15) is 0 Å². The van der Waals surface area contributed by atoms with Gasteiger partial charge in [-0.3, -0.25) is 10.3 Å². The summed E-state index contributed by atoms with van der Waals surface area (Å²) in [6.07, 6.45) is 0.748. The standard InChI is InChI=1S/C7H13N3O/c1-5(11)6-2-3-9-4-10-7(6)8/h9,11H,2-4H2,1H3,(H2,8,10). The van der Waals surface area contributed by atoms with Gasteiger partial charge in [-0.1, -0.05) is 0 Å². The summed E-state index contributed by atoms with van der Waals surface area (Å²) in [6, 6.07) is 0. The van der Waals surface area contributed by atoms with E-state index >= 15 is 0 Å². The third-order valence-corrected chi connectivity index (χ3v) is 1.66. The summed E-state index contributed by atoms with van der Waals surface area (Å²) in [4.78, 5) is 3.99. The maximum atomic E-state index is 9.16. The van der Waals surface area contributed by atoms with Crippen LogP contribution >= 0.6 is 0 Å². The fraction of sp³-hybridized carbons (Fsp3) is 0.571. The Morgan fingerprint density at radius 2 is 2.45 bits per heavy atom. The van der Waals surface area contributed by atoms with Gasteiger partial charge >= 0.3 is 0 Å². The van der Waals surface area contributed by atoms with E-state index in [-0.39, 0.29) is 5.76 Å². The van der Waals surface area contributed by atoms with Crippen LogP contribution in [-0.2, 0) is 0 Å². The van der Waals surface area contributed by atoms with Crippen molar-refractivity contribution in [3.8, 4) is 0 Å². The molecule has 0 bridgehead atoms. The number of aliphatic imine (C=N–C) groups is 1. The fourth-order valence-electron chi connectivity index (χ4n) is 1.02. The first-order valence-corrected chi connectivity index (χ1v) is 3.61. The molecule has 1 rings (SSSR count). The minimum absolute atomic E-state index is 0.273. The second kappa shape index (κ2) is 3.39. The second-order valence-corrected chi connectivity index (χ2v) is 2.52. The summed E-state index contributed by atoms with van der Waals surface area (Å²) in [5.41, 5.74) is 6.33. The maximum Gasteiger partial charge on any atom is 0.126 e. The molecule has 0 aromatic rings. The number of nitrogens with two attached hydrogens (primary N) is 1. The number of nitrogens with zero attached hydrogens (tertiary/aromatic N) is 1. The fourth-order valence-corrected chi connectivity index (χ4v) is 1.02. The number of aliphatic hydroxyl groups is 1. The molecule has 0 aliphatic carbocycles. The van der Waals surface area contributed by atoms with Gasteiger partial charge in [-0.05, 0) is 13.3 Å². The first kappa shape index (κ1) is 8.07. The molecule has 0 amide bonds. The molecule has 0 aromatic carbocycles. The van der Waals surface area contributed by atoms with Crippen LogP contribution in [0, 0.1) is 0 Å². The molecule has 1 aliphatic heterocycles. The van der Waals surface area contributed by atoms with E-state index < -0.39 is 0 Å². The zero-order valence-corrected chi connectivity index (χ0v) is 6.59. The Kier molecular flexibility index (Phi) is 2.48. The highest BCUT2D eigenvalue weighted by atomic mass is 16.3. The van der Waals surface area contributed by atoms with Crippen LogP contribution in [0.1, 0.15) is 13.3 Å². The Balaban J connectivity index is 2.85. The summed E-state index contributed by atoms with van der Waals surface area (Å²) < 4.78 is 0. The highest BCUT2D eigenvalue weighted by Gasteiger charge is 2.08. The minimum atomic E-state index is 0.273. The van der Waals surface area contributed by atoms with Gasteiger partial charge in [-0.15, -0.1) is 0 Å². The molecule has 4 nitrogen and oxygen atoms in total. The summed E-state index contributed by atoms with van der Waals surface area (Å²) in [6.45, 7) is 2.99. The zero-order chi connectivity index (χ0) is 8.27. The van der Waals surface area contributed by atoms with Crippen LogP contribution in [0.3, 0.4) is 0 Å². The van der Waals surface area contributed by atoms with Crippen LogP contribution in [0.2, 0.25) is 0 Å². The van der Waals surface area contributed by atoms with Crippen molar-refractivity contribution < 1.29 is 5.11 Å². The molecule has 1 aliphatic rings. The summed E-state index contributed by atoms with van der Waals surface area (Å²) >= 11 is 0. The van der Waals surface area contributed by atoms with Crippen LogP contribution in [0.4, 0.5) is 0 Å². The lowest BCUT2D eigenvalue weighted by Gasteiger charge is -2.03. The molecule has 0 unspecified atom stereocenters. The zero-order valence-electron chi connectivity index (χ0n) is 6.59. The Labute approximate surface area is 65.8 Å². The molecule has 11 heavy (non-hydrogen) atoms. The molecule has 1 heterocycles. The molecule has 0 saturated carbocycles. The molecule has 4 N–H and O–H groups in total. The van der Waals surface area contributed by atoms with Crippen LogP contribution in [0.25, 0.3) is 0 Å². The van der Waals surface area contributed by atoms with E-state index in [4.69, 9.17) is 10.8 Å². The lowest BCUT2D eigenvalue weighted by atomic mass is 10.1. The quantitative estimate of drug-likeness (QED) is 0.435. The van der Waals surface area contributed by atoms with E-state index in [0.717, 1.165) is 18.5 Å². The number of hydrogen-bond donors (Lipinski definition) is 3. The van der Waals surface area contributed by atoms with E-state index in [0.29, 0.717) is 12.5 Å². The van der Waals surface area contributed by atoms with Gasteiger partial charge in [-0.25, -0.2) is 0 Å². The van der Waals surface area contributed by atoms with Crippen molar-refractivity contribution in [3.05, 3.63) is 11.3 Å². The van der Waals surface area contributed by atoms with Crippen molar-refractivity contribution in [2.24, 2.45) is 10.7 Å². The molecule has 0 radical (unpaired) electrons. The monoisotopic (exact) mass is 155 g/mol. The summed E-state index contributed by atoms with van der Waals surface area (Å²) in [7, 11) is 0. The molecule has 4 heteroatoms. The molecule has 0 aromatic heterocycles. The predicted octanol–water partition coefficient (Wildman–Crippen LogP) is 0.126. The number of aliphatic hydroxyl groups excluding tert-OH is 1. The Morgan fingerprint density at radius 3 is 3.09 bits per heavy atom. The summed E-state index contributed by atoms with van der Waals surface area (Å²) in [5, 5.41) is 12.2. The second-order valence-electron chi connectivity index (χ2n) is 2.52. The maximum absolute atomic E-state index is 9.16. The first-order chi connectivity index (χ1) is 5.22. The van der Waals surface area contributed by atoms with Gasteiger partial charge in [0.15, 0.2) is 0 Å². The van der Waals surface area contributed by atoms with Gasteiger partial charge in [0.2, 0.25) is 0 Å². The van der Waals surface area contributed by atoms with Crippen LogP contribution < -0.4 is 11.1 Å². The van der Waals surface area contributed by atoms with E-state index in [2.05, 4.69) is 10.3 Å². The Hall–Kier alpha value is -1.03. The summed E-state index contributed by atoms with van der Waals surface area (Å²) in [5.74, 6) is 0.727. The molecular formula is C7H13N3O. The lowest BCUT2D eigenvalue weighted by Crippen LogP contribution is -2.16. The van der Waals surface area contributed by atoms with Crippen LogP contribution in [-0.4, -0.2) is 24.2 Å². The van der Waals surface area contributed by atoms with E-state index in [1.807, 2.05) is 0 Å². The number of rotatable bonds is 0. The van der Waals surface area contributed by atoms with E-state index in [9.17, 15) is 0 Å². The van der Waals surface area contributed by atoms with Crippen molar-refractivity contribution in [2.45, 2.75) is 13.3 Å². The molecule has 62 valence electrons. The number of allylic oxidation sites excluding steroid dienone is 1. The Bertz CT molecular complexity index is 204. The molecule has 0 saturated heterocycles. The van der Waals surface area contributed by atoms with E-state index in [1.165, 1.54) is 0 Å². The van der Waals surface area contributed by atoms with Crippen molar-refractivity contribution in [1.82, 2.24) is 5.32 Å². The highest BCUT2D eigenvalue weighted by molar-refractivity contribution is 5.97. The largest absolute Gasteiger partial charge is 0.512 e.